The van der Waals surface area contributed by atoms with Crippen molar-refractivity contribution in [2.24, 2.45) is 5.92 Å². The van der Waals surface area contributed by atoms with Crippen LogP contribution in [0.4, 0.5) is 4.39 Å². The Bertz CT molecular complexity index is 577. The van der Waals surface area contributed by atoms with Crippen molar-refractivity contribution in [1.29, 1.82) is 0 Å². The lowest BCUT2D eigenvalue weighted by Crippen LogP contribution is -2.44. The molecule has 1 aromatic rings. The Labute approximate surface area is 140 Å². The molecule has 1 aromatic carbocycles. The van der Waals surface area contributed by atoms with E-state index in [2.05, 4.69) is 0 Å². The average Bonchev–Trinajstić information content (AvgIpc) is 2.88. The second-order valence-corrected chi connectivity index (χ2v) is 6.85. The van der Waals surface area contributed by atoms with Crippen LogP contribution in [-0.4, -0.2) is 41.3 Å². The zero-order chi connectivity index (χ0) is 16.6. The molecule has 1 aliphatic carbocycles. The normalized spacial score (nSPS) is 31.0. The Morgan fingerprint density at radius 3 is 2.91 bits per heavy atom. The highest BCUT2D eigenvalue weighted by atomic mass is 35.5. The fourth-order valence-corrected chi connectivity index (χ4v) is 4.21. The number of aliphatic hydroxyl groups is 1. The van der Waals surface area contributed by atoms with Gasteiger partial charge in [-0.3, -0.25) is 9.69 Å². The van der Waals surface area contributed by atoms with Crippen LogP contribution in [0.5, 0.6) is 0 Å². The number of nitrogens with zero attached hydrogens (tertiary/aromatic N) is 1. The number of rotatable bonds is 3. The molecule has 6 heteroatoms. The van der Waals surface area contributed by atoms with Crippen LogP contribution in [0.3, 0.4) is 0 Å². The lowest BCUT2D eigenvalue weighted by molar-refractivity contribution is -0.146. The number of fused-ring (bicyclic) bond motifs is 1. The van der Waals surface area contributed by atoms with Crippen LogP contribution in [0.2, 0.25) is 5.02 Å². The van der Waals surface area contributed by atoms with Crippen molar-refractivity contribution < 1.29 is 19.0 Å². The molecule has 0 spiro atoms. The van der Waals surface area contributed by atoms with Crippen LogP contribution in [0.15, 0.2) is 18.2 Å². The molecule has 0 amide bonds. The van der Waals surface area contributed by atoms with Gasteiger partial charge in [-0.2, -0.15) is 0 Å². The zero-order valence-corrected chi connectivity index (χ0v) is 13.8. The lowest BCUT2D eigenvalue weighted by atomic mass is 9.83. The molecular weight excluding hydrogens is 321 g/mol. The minimum absolute atomic E-state index is 0.0542. The van der Waals surface area contributed by atoms with Gasteiger partial charge in [0.1, 0.15) is 11.9 Å². The largest absolute Gasteiger partial charge is 0.468 e. The van der Waals surface area contributed by atoms with Crippen molar-refractivity contribution in [2.45, 2.75) is 50.4 Å². The quantitative estimate of drug-likeness (QED) is 0.859. The van der Waals surface area contributed by atoms with Gasteiger partial charge in [0.2, 0.25) is 0 Å². The summed E-state index contributed by atoms with van der Waals surface area (Å²) in [5, 5.41) is 10.3. The third-order valence-corrected chi connectivity index (χ3v) is 5.51. The summed E-state index contributed by atoms with van der Waals surface area (Å²) in [7, 11) is 1.37. The van der Waals surface area contributed by atoms with Crippen molar-refractivity contribution in [3.63, 3.8) is 0 Å². The van der Waals surface area contributed by atoms with Gasteiger partial charge in [0.25, 0.3) is 0 Å². The molecule has 2 aliphatic rings. The third-order valence-electron chi connectivity index (χ3n) is 5.16. The lowest BCUT2D eigenvalue weighted by Gasteiger charge is -2.35. The number of likely N-dealkylation sites (tertiary alicyclic amines) is 1. The van der Waals surface area contributed by atoms with Gasteiger partial charge in [0.05, 0.1) is 13.2 Å². The average molecular weight is 342 g/mol. The number of ether oxygens (including phenoxy) is 1. The molecule has 1 aliphatic heterocycles. The van der Waals surface area contributed by atoms with Gasteiger partial charge < -0.3 is 9.84 Å². The summed E-state index contributed by atoms with van der Waals surface area (Å²) in [4.78, 5) is 14.1. The molecule has 0 radical (unpaired) electrons. The van der Waals surface area contributed by atoms with Gasteiger partial charge in [0, 0.05) is 23.2 Å². The van der Waals surface area contributed by atoms with Crippen LogP contribution in [0.25, 0.3) is 0 Å². The van der Waals surface area contributed by atoms with Crippen LogP contribution in [-0.2, 0) is 16.1 Å². The topological polar surface area (TPSA) is 49.8 Å². The maximum absolute atomic E-state index is 14.1. The number of hydrogen-bond donors (Lipinski definition) is 1. The van der Waals surface area contributed by atoms with Crippen molar-refractivity contribution in [3.8, 4) is 0 Å². The number of halogens is 2. The summed E-state index contributed by atoms with van der Waals surface area (Å²) in [6.07, 6.45) is 2.55. The monoisotopic (exact) mass is 341 g/mol. The predicted molar refractivity (Wildman–Crippen MR) is 84.5 cm³/mol. The van der Waals surface area contributed by atoms with E-state index in [0.717, 1.165) is 12.8 Å². The van der Waals surface area contributed by atoms with Crippen LogP contribution < -0.4 is 0 Å². The Balaban J connectivity index is 1.90. The Morgan fingerprint density at radius 1 is 1.43 bits per heavy atom. The number of carbonyl (C=O) groups is 1. The van der Waals surface area contributed by atoms with E-state index in [0.29, 0.717) is 29.3 Å². The van der Waals surface area contributed by atoms with Crippen molar-refractivity contribution in [3.05, 3.63) is 34.6 Å². The molecule has 2 fully saturated rings. The van der Waals surface area contributed by atoms with Gasteiger partial charge in [-0.05, 0) is 43.7 Å². The molecule has 1 saturated carbocycles. The molecule has 1 saturated heterocycles. The minimum Gasteiger partial charge on any atom is -0.468 e. The third kappa shape index (κ3) is 3.23. The summed E-state index contributed by atoms with van der Waals surface area (Å²) in [6, 6.07) is 4.24. The van der Waals surface area contributed by atoms with Crippen molar-refractivity contribution in [2.75, 3.05) is 7.11 Å². The molecule has 126 valence electrons. The number of carbonyl (C=O) groups excluding carboxylic acids is 1. The van der Waals surface area contributed by atoms with Gasteiger partial charge in [0.15, 0.2) is 0 Å². The highest BCUT2D eigenvalue weighted by Crippen LogP contribution is 2.41. The smallest absolute Gasteiger partial charge is 0.323 e. The molecule has 23 heavy (non-hydrogen) atoms. The van der Waals surface area contributed by atoms with E-state index in [1.54, 1.807) is 12.1 Å². The van der Waals surface area contributed by atoms with E-state index in [1.165, 1.54) is 13.2 Å². The van der Waals surface area contributed by atoms with E-state index < -0.39 is 6.04 Å². The molecule has 0 aromatic heterocycles. The van der Waals surface area contributed by atoms with E-state index in [4.69, 9.17) is 16.3 Å². The maximum Gasteiger partial charge on any atom is 0.323 e. The molecule has 1 heterocycles. The second-order valence-electron chi connectivity index (χ2n) is 6.44. The first-order valence-electron chi connectivity index (χ1n) is 7.95. The van der Waals surface area contributed by atoms with Crippen LogP contribution in [0, 0.1) is 11.7 Å². The van der Waals surface area contributed by atoms with Crippen LogP contribution in [0.1, 0.15) is 31.2 Å². The molecule has 3 rings (SSSR count). The summed E-state index contributed by atoms with van der Waals surface area (Å²) in [5.74, 6) is -0.352. The molecule has 1 N–H and O–H groups in total. The first-order chi connectivity index (χ1) is 11.0. The molecule has 4 nitrogen and oxygen atoms in total. The van der Waals surface area contributed by atoms with Gasteiger partial charge in [-0.15, -0.1) is 0 Å². The summed E-state index contributed by atoms with van der Waals surface area (Å²) in [5.41, 5.74) is 0.392. The highest BCUT2D eigenvalue weighted by Gasteiger charge is 2.47. The van der Waals surface area contributed by atoms with Gasteiger partial charge in [-0.1, -0.05) is 17.7 Å². The summed E-state index contributed by atoms with van der Waals surface area (Å²) < 4.78 is 19.1. The Morgan fingerprint density at radius 2 is 2.22 bits per heavy atom. The Kier molecular flexibility index (Phi) is 4.90. The number of benzene rings is 1. The second kappa shape index (κ2) is 6.75. The minimum atomic E-state index is -0.407. The first kappa shape index (κ1) is 16.7. The maximum atomic E-state index is 14.1. The number of aliphatic hydroxyl groups excluding tert-OH is 1. The summed E-state index contributed by atoms with van der Waals surface area (Å²) in [6.45, 7) is 0.249. The van der Waals surface area contributed by atoms with Crippen LogP contribution >= 0.6 is 11.6 Å². The van der Waals surface area contributed by atoms with E-state index in [1.807, 2.05) is 4.90 Å². The summed E-state index contributed by atoms with van der Waals surface area (Å²) >= 11 is 6.14. The standard InChI is InChI=1S/C17H21ClFNO3/c1-23-17(22)16-7-10-5-6-11(21)8-15(10)20(16)9-12-13(18)3-2-4-14(12)19/h2-4,10-11,15-16,21H,5-9H2,1H3/t10-,11-,15-,16+/m1/s1. The fourth-order valence-electron chi connectivity index (χ4n) is 3.98. The molecule has 0 unspecified atom stereocenters. The van der Waals surface area contributed by atoms with Gasteiger partial charge >= 0.3 is 5.97 Å². The Hall–Kier alpha value is -1.17. The molecule has 4 atom stereocenters. The number of methoxy groups -OCH3 is 1. The number of esters is 1. The SMILES string of the molecule is COC(=O)[C@@H]1C[C@H]2CC[C@@H](O)C[C@H]2N1Cc1c(F)cccc1Cl. The molecular formula is C17H21ClFNO3. The number of hydrogen-bond acceptors (Lipinski definition) is 4. The molecule has 0 bridgehead atoms. The predicted octanol–water partition coefficient (Wildman–Crippen LogP) is 2.76. The van der Waals surface area contributed by atoms with E-state index in [-0.39, 0.29) is 30.5 Å². The van der Waals surface area contributed by atoms with Crippen molar-refractivity contribution >= 4 is 17.6 Å². The first-order valence-corrected chi connectivity index (χ1v) is 8.33. The fraction of sp³-hybridized carbons (Fsp3) is 0.588. The highest BCUT2D eigenvalue weighted by molar-refractivity contribution is 6.31. The van der Waals surface area contributed by atoms with E-state index in [9.17, 15) is 14.3 Å². The van der Waals surface area contributed by atoms with Crippen molar-refractivity contribution in [1.82, 2.24) is 4.90 Å². The van der Waals surface area contributed by atoms with E-state index >= 15 is 0 Å². The van der Waals surface area contributed by atoms with Gasteiger partial charge in [-0.25, -0.2) is 4.39 Å². The zero-order valence-electron chi connectivity index (χ0n) is 13.0.